The van der Waals surface area contributed by atoms with Gasteiger partial charge in [0.1, 0.15) is 11.5 Å². The predicted molar refractivity (Wildman–Crippen MR) is 123 cm³/mol. The van der Waals surface area contributed by atoms with E-state index >= 15 is 0 Å². The molecule has 0 aliphatic rings. The van der Waals surface area contributed by atoms with Crippen molar-refractivity contribution in [3.8, 4) is 17.2 Å². The van der Waals surface area contributed by atoms with Gasteiger partial charge in [0.15, 0.2) is 0 Å². The Balaban J connectivity index is 1.86. The number of nitrogens with one attached hydrogen (secondary N) is 1. The first-order valence-electron chi connectivity index (χ1n) is 9.05. The maximum atomic E-state index is 12.5. The van der Waals surface area contributed by atoms with Crippen molar-refractivity contribution in [2.75, 3.05) is 14.2 Å². The number of aryl methyl sites for hydroxylation is 1. The monoisotopic (exact) mass is 489 g/mol. The van der Waals surface area contributed by atoms with Crippen LogP contribution in [0.5, 0.6) is 11.5 Å². The van der Waals surface area contributed by atoms with Crippen LogP contribution < -0.4 is 14.9 Å². The van der Waals surface area contributed by atoms with E-state index < -0.39 is 0 Å². The summed E-state index contributed by atoms with van der Waals surface area (Å²) in [4.78, 5) is 12.5. The van der Waals surface area contributed by atoms with Crippen LogP contribution in [-0.2, 0) is 0 Å². The molecule has 8 heteroatoms. The van der Waals surface area contributed by atoms with E-state index in [2.05, 4.69) is 26.5 Å². The van der Waals surface area contributed by atoms with Gasteiger partial charge in [-0.15, -0.1) is 0 Å². The van der Waals surface area contributed by atoms with E-state index in [1.807, 2.05) is 36.6 Å². The molecule has 3 aromatic rings. The predicted octanol–water partition coefficient (Wildman–Crippen LogP) is 5.29. The number of hydrogen-bond donors (Lipinski definition) is 1. The standard InChI is InChI=1S/C22H21BrClN3O3/c1-13-9-15(14(2)27(13)19-11-17(24)6-8-21(19)30-4)12-25-26-22(28)18-10-16(23)5-7-20(18)29-3/h5-12H,1-4H3,(H,26,28)/b25-12-. The number of rotatable bonds is 6. The van der Waals surface area contributed by atoms with E-state index in [-0.39, 0.29) is 5.91 Å². The molecule has 0 saturated carbocycles. The summed E-state index contributed by atoms with van der Waals surface area (Å²) in [6.07, 6.45) is 1.61. The number of nitrogens with zero attached hydrogens (tertiary/aromatic N) is 2. The van der Waals surface area contributed by atoms with Gasteiger partial charge >= 0.3 is 0 Å². The number of hydrogen-bond acceptors (Lipinski definition) is 4. The number of methoxy groups -OCH3 is 2. The summed E-state index contributed by atoms with van der Waals surface area (Å²) in [5.41, 5.74) is 6.55. The molecule has 0 saturated heterocycles. The zero-order valence-electron chi connectivity index (χ0n) is 17.0. The average molecular weight is 491 g/mol. The number of carbonyl (C=O) groups is 1. The minimum atomic E-state index is -0.366. The average Bonchev–Trinajstić information content (AvgIpc) is 3.00. The normalized spacial score (nSPS) is 11.0. The maximum absolute atomic E-state index is 12.5. The second-order valence-corrected chi connectivity index (χ2v) is 7.87. The molecule has 6 nitrogen and oxygen atoms in total. The van der Waals surface area contributed by atoms with Crippen LogP contribution in [0.15, 0.2) is 52.0 Å². The van der Waals surface area contributed by atoms with Gasteiger partial charge in [0.2, 0.25) is 0 Å². The van der Waals surface area contributed by atoms with Crippen molar-refractivity contribution in [1.29, 1.82) is 0 Å². The number of ether oxygens (including phenoxy) is 2. The highest BCUT2D eigenvalue weighted by Gasteiger charge is 2.15. The van der Waals surface area contributed by atoms with Gasteiger partial charge in [-0.25, -0.2) is 5.43 Å². The van der Waals surface area contributed by atoms with Crippen molar-refractivity contribution in [3.05, 3.63) is 74.5 Å². The molecule has 2 aromatic carbocycles. The molecule has 1 aromatic heterocycles. The molecule has 0 fully saturated rings. The highest BCUT2D eigenvalue weighted by Crippen LogP contribution is 2.30. The van der Waals surface area contributed by atoms with E-state index in [1.165, 1.54) is 7.11 Å². The van der Waals surface area contributed by atoms with Crippen molar-refractivity contribution in [2.45, 2.75) is 13.8 Å². The number of carbonyl (C=O) groups excluding carboxylic acids is 1. The molecule has 0 atom stereocenters. The first-order valence-corrected chi connectivity index (χ1v) is 10.2. The summed E-state index contributed by atoms with van der Waals surface area (Å²) in [7, 11) is 3.14. The highest BCUT2D eigenvalue weighted by atomic mass is 79.9. The van der Waals surface area contributed by atoms with Gasteiger partial charge in [-0.05, 0) is 56.3 Å². The first kappa shape index (κ1) is 21.9. The van der Waals surface area contributed by atoms with Crippen molar-refractivity contribution in [2.24, 2.45) is 5.10 Å². The van der Waals surface area contributed by atoms with Gasteiger partial charge in [0, 0.05) is 26.4 Å². The molecular weight excluding hydrogens is 470 g/mol. The van der Waals surface area contributed by atoms with Crippen LogP contribution in [0.4, 0.5) is 0 Å². The van der Waals surface area contributed by atoms with Crippen molar-refractivity contribution < 1.29 is 14.3 Å². The Morgan fingerprint density at radius 2 is 1.80 bits per heavy atom. The largest absolute Gasteiger partial charge is 0.496 e. The second-order valence-electron chi connectivity index (χ2n) is 6.52. The second kappa shape index (κ2) is 9.36. The molecule has 0 bridgehead atoms. The summed E-state index contributed by atoms with van der Waals surface area (Å²) >= 11 is 9.55. The molecule has 0 radical (unpaired) electrons. The quantitative estimate of drug-likeness (QED) is 0.377. The summed E-state index contributed by atoms with van der Waals surface area (Å²) in [6, 6.07) is 12.6. The molecular formula is C22H21BrClN3O3. The van der Waals surface area contributed by atoms with Gasteiger partial charge in [-0.1, -0.05) is 27.5 Å². The molecule has 0 aliphatic heterocycles. The molecule has 156 valence electrons. The fourth-order valence-corrected chi connectivity index (χ4v) is 3.73. The minimum Gasteiger partial charge on any atom is -0.496 e. The van der Waals surface area contributed by atoms with Crippen LogP contribution in [0.3, 0.4) is 0 Å². The summed E-state index contributed by atoms with van der Waals surface area (Å²) in [5.74, 6) is 0.812. The van der Waals surface area contributed by atoms with E-state index in [4.69, 9.17) is 21.1 Å². The third kappa shape index (κ3) is 4.52. The van der Waals surface area contributed by atoms with Crippen LogP contribution in [0.1, 0.15) is 27.3 Å². The number of benzene rings is 2. The van der Waals surface area contributed by atoms with Crippen LogP contribution in [0.2, 0.25) is 5.02 Å². The van der Waals surface area contributed by atoms with E-state index in [9.17, 15) is 4.79 Å². The van der Waals surface area contributed by atoms with Gasteiger partial charge in [0.05, 0.1) is 31.7 Å². The van der Waals surface area contributed by atoms with Crippen LogP contribution in [0, 0.1) is 13.8 Å². The SMILES string of the molecule is COc1ccc(Br)cc1C(=O)N/N=C\c1cc(C)n(-c2cc(Cl)ccc2OC)c1C. The number of halogens is 2. The summed E-state index contributed by atoms with van der Waals surface area (Å²) < 4.78 is 13.5. The van der Waals surface area contributed by atoms with Gasteiger partial charge < -0.3 is 14.0 Å². The fourth-order valence-electron chi connectivity index (χ4n) is 3.21. The van der Waals surface area contributed by atoms with Crippen LogP contribution in [-0.4, -0.2) is 30.9 Å². The summed E-state index contributed by atoms with van der Waals surface area (Å²) in [6.45, 7) is 3.95. The smallest absolute Gasteiger partial charge is 0.275 e. The Kier molecular flexibility index (Phi) is 6.84. The Morgan fingerprint density at radius 1 is 1.10 bits per heavy atom. The third-order valence-corrected chi connectivity index (χ3v) is 5.36. The Hall–Kier alpha value is -2.77. The van der Waals surface area contributed by atoms with Crippen molar-refractivity contribution in [3.63, 3.8) is 0 Å². The van der Waals surface area contributed by atoms with E-state index in [0.717, 1.165) is 27.1 Å². The van der Waals surface area contributed by atoms with Gasteiger partial charge in [-0.2, -0.15) is 5.10 Å². The number of amides is 1. The lowest BCUT2D eigenvalue weighted by Gasteiger charge is -2.14. The molecule has 0 spiro atoms. The molecule has 1 amide bonds. The van der Waals surface area contributed by atoms with Crippen molar-refractivity contribution >= 4 is 39.7 Å². The lowest BCUT2D eigenvalue weighted by molar-refractivity contribution is 0.0952. The lowest BCUT2D eigenvalue weighted by Crippen LogP contribution is -2.18. The van der Waals surface area contributed by atoms with E-state index in [0.29, 0.717) is 22.1 Å². The lowest BCUT2D eigenvalue weighted by atomic mass is 10.2. The number of aromatic nitrogens is 1. The Morgan fingerprint density at radius 3 is 2.50 bits per heavy atom. The molecule has 1 N–H and O–H groups in total. The van der Waals surface area contributed by atoms with Crippen molar-refractivity contribution in [1.82, 2.24) is 9.99 Å². The van der Waals surface area contributed by atoms with Crippen LogP contribution in [0.25, 0.3) is 5.69 Å². The highest BCUT2D eigenvalue weighted by molar-refractivity contribution is 9.10. The van der Waals surface area contributed by atoms with Gasteiger partial charge in [-0.3, -0.25) is 4.79 Å². The fraction of sp³-hybridized carbons (Fsp3) is 0.182. The molecule has 1 heterocycles. The molecule has 0 aliphatic carbocycles. The van der Waals surface area contributed by atoms with Gasteiger partial charge in [0.25, 0.3) is 5.91 Å². The molecule has 3 rings (SSSR count). The Labute approximate surface area is 188 Å². The zero-order chi connectivity index (χ0) is 21.8. The van der Waals surface area contributed by atoms with Crippen LogP contribution >= 0.6 is 27.5 Å². The Bertz CT molecular complexity index is 1130. The molecule has 0 unspecified atom stereocenters. The summed E-state index contributed by atoms with van der Waals surface area (Å²) in [5, 5.41) is 4.74. The maximum Gasteiger partial charge on any atom is 0.275 e. The zero-order valence-corrected chi connectivity index (χ0v) is 19.3. The molecule has 30 heavy (non-hydrogen) atoms. The topological polar surface area (TPSA) is 64.8 Å². The first-order chi connectivity index (χ1) is 14.3. The minimum absolute atomic E-state index is 0.366. The van der Waals surface area contributed by atoms with E-state index in [1.54, 1.807) is 37.6 Å². The third-order valence-electron chi connectivity index (χ3n) is 4.63. The number of hydrazone groups is 1.